The molecule has 1 aromatic rings. The number of fused-ring (bicyclic) bond motifs is 1. The van der Waals surface area contributed by atoms with Crippen molar-refractivity contribution in [3.63, 3.8) is 0 Å². The summed E-state index contributed by atoms with van der Waals surface area (Å²) in [6.07, 6.45) is 9.49. The molecule has 1 nitrogen and oxygen atoms in total. The molecule has 2 aliphatic rings. The van der Waals surface area contributed by atoms with Crippen LogP contribution in [0.5, 0.6) is 0 Å². The Hall–Kier alpha value is -0.820. The third-order valence-corrected chi connectivity index (χ3v) is 4.46. The van der Waals surface area contributed by atoms with Gasteiger partial charge in [0, 0.05) is 0 Å². The predicted molar refractivity (Wildman–Crippen MR) is 72.4 cm³/mol. The Labute approximate surface area is 105 Å². The van der Waals surface area contributed by atoms with E-state index in [2.05, 4.69) is 23.5 Å². The summed E-state index contributed by atoms with van der Waals surface area (Å²) in [5.41, 5.74) is 5.01. The molecule has 17 heavy (non-hydrogen) atoms. The Morgan fingerprint density at radius 1 is 1.06 bits per heavy atom. The molecule has 0 spiro atoms. The average molecular weight is 229 g/mol. The lowest BCUT2D eigenvalue weighted by molar-refractivity contribution is 0.371. The van der Waals surface area contributed by atoms with E-state index in [4.69, 9.17) is 0 Å². The van der Waals surface area contributed by atoms with Gasteiger partial charge in [0.05, 0.1) is 0 Å². The van der Waals surface area contributed by atoms with Crippen molar-refractivity contribution in [2.24, 2.45) is 5.92 Å². The van der Waals surface area contributed by atoms with Gasteiger partial charge >= 0.3 is 0 Å². The van der Waals surface area contributed by atoms with Crippen molar-refractivity contribution in [1.29, 1.82) is 0 Å². The van der Waals surface area contributed by atoms with Gasteiger partial charge in [-0.1, -0.05) is 18.2 Å². The lowest BCUT2D eigenvalue weighted by atomic mass is 9.83. The normalized spacial score (nSPS) is 21.2. The Morgan fingerprint density at radius 2 is 1.88 bits per heavy atom. The van der Waals surface area contributed by atoms with Crippen molar-refractivity contribution in [2.75, 3.05) is 13.1 Å². The SMILES string of the molecule is c1cc2c(c(CC3CCNCC3)c1)CCCC2. The van der Waals surface area contributed by atoms with Crippen LogP contribution in [0.15, 0.2) is 18.2 Å². The zero-order valence-corrected chi connectivity index (χ0v) is 10.7. The molecule has 1 aliphatic carbocycles. The van der Waals surface area contributed by atoms with Crippen LogP contribution < -0.4 is 5.32 Å². The van der Waals surface area contributed by atoms with Crippen LogP contribution in [0, 0.1) is 5.92 Å². The Kier molecular flexibility index (Phi) is 3.46. The molecule has 0 atom stereocenters. The van der Waals surface area contributed by atoms with E-state index in [1.165, 1.54) is 58.0 Å². The third kappa shape index (κ3) is 2.55. The molecule has 0 saturated carbocycles. The summed E-state index contributed by atoms with van der Waals surface area (Å²) in [6, 6.07) is 7.01. The molecule has 1 aliphatic heterocycles. The maximum atomic E-state index is 3.46. The van der Waals surface area contributed by atoms with Crippen LogP contribution in [0.3, 0.4) is 0 Å². The lowest BCUT2D eigenvalue weighted by Crippen LogP contribution is -2.29. The first-order chi connectivity index (χ1) is 8.43. The zero-order valence-electron chi connectivity index (χ0n) is 10.7. The molecule has 92 valence electrons. The third-order valence-electron chi connectivity index (χ3n) is 4.46. The number of rotatable bonds is 2. The molecule has 1 heteroatoms. The molecule has 0 unspecified atom stereocenters. The summed E-state index contributed by atoms with van der Waals surface area (Å²) in [5.74, 6) is 0.921. The highest BCUT2D eigenvalue weighted by atomic mass is 14.9. The molecular weight excluding hydrogens is 206 g/mol. The minimum Gasteiger partial charge on any atom is -0.317 e. The highest BCUT2D eigenvalue weighted by Gasteiger charge is 2.17. The lowest BCUT2D eigenvalue weighted by Gasteiger charge is -2.25. The van der Waals surface area contributed by atoms with Crippen LogP contribution >= 0.6 is 0 Å². The van der Waals surface area contributed by atoms with Gasteiger partial charge < -0.3 is 5.32 Å². The van der Waals surface area contributed by atoms with Crippen LogP contribution in [0.2, 0.25) is 0 Å². The fourth-order valence-electron chi connectivity index (χ4n) is 3.45. The van der Waals surface area contributed by atoms with Crippen molar-refractivity contribution in [3.05, 3.63) is 34.9 Å². The summed E-state index contributed by atoms with van der Waals surface area (Å²) in [7, 11) is 0. The second-order valence-corrected chi connectivity index (χ2v) is 5.66. The van der Waals surface area contributed by atoms with E-state index in [-0.39, 0.29) is 0 Å². The van der Waals surface area contributed by atoms with E-state index < -0.39 is 0 Å². The molecule has 0 bridgehead atoms. The van der Waals surface area contributed by atoms with Crippen LogP contribution in [0.1, 0.15) is 42.4 Å². The van der Waals surface area contributed by atoms with E-state index in [1.807, 2.05) is 0 Å². The average Bonchev–Trinajstić information content (AvgIpc) is 2.40. The van der Waals surface area contributed by atoms with Crippen molar-refractivity contribution in [3.8, 4) is 0 Å². The molecule has 0 radical (unpaired) electrons. The second-order valence-electron chi connectivity index (χ2n) is 5.66. The maximum absolute atomic E-state index is 3.46. The van der Waals surface area contributed by atoms with Gasteiger partial charge in [-0.15, -0.1) is 0 Å². The standard InChI is InChI=1S/C16H23N/c1-2-7-16-14(4-1)5-3-6-15(16)12-13-8-10-17-11-9-13/h3,5-6,13,17H,1-2,4,7-12H2. The van der Waals surface area contributed by atoms with Gasteiger partial charge in [-0.05, 0) is 80.6 Å². The first kappa shape index (κ1) is 11.3. The van der Waals surface area contributed by atoms with Crippen molar-refractivity contribution < 1.29 is 0 Å². The predicted octanol–water partition coefficient (Wildman–Crippen LogP) is 3.11. The van der Waals surface area contributed by atoms with Crippen molar-refractivity contribution in [2.45, 2.75) is 44.9 Å². The van der Waals surface area contributed by atoms with Crippen LogP contribution in [0.4, 0.5) is 0 Å². The van der Waals surface area contributed by atoms with Crippen molar-refractivity contribution >= 4 is 0 Å². The van der Waals surface area contributed by atoms with Crippen molar-refractivity contribution in [1.82, 2.24) is 5.32 Å². The Morgan fingerprint density at radius 3 is 2.76 bits per heavy atom. The summed E-state index contributed by atoms with van der Waals surface area (Å²) >= 11 is 0. The smallest absolute Gasteiger partial charge is 0.00462 e. The van der Waals surface area contributed by atoms with E-state index in [1.54, 1.807) is 16.7 Å². The summed E-state index contributed by atoms with van der Waals surface area (Å²) < 4.78 is 0. The number of hydrogen-bond donors (Lipinski definition) is 1. The highest BCUT2D eigenvalue weighted by Crippen LogP contribution is 2.27. The van der Waals surface area contributed by atoms with Crippen LogP contribution in [0.25, 0.3) is 0 Å². The Balaban J connectivity index is 1.77. The minimum atomic E-state index is 0.921. The molecular formula is C16H23N. The van der Waals surface area contributed by atoms with E-state index in [0.29, 0.717) is 0 Å². The molecule has 1 fully saturated rings. The number of nitrogens with one attached hydrogen (secondary N) is 1. The van der Waals surface area contributed by atoms with E-state index in [9.17, 15) is 0 Å². The van der Waals surface area contributed by atoms with Gasteiger partial charge in [-0.2, -0.15) is 0 Å². The molecule has 0 amide bonds. The van der Waals surface area contributed by atoms with E-state index >= 15 is 0 Å². The van der Waals surface area contributed by atoms with Gasteiger partial charge in [0.25, 0.3) is 0 Å². The van der Waals surface area contributed by atoms with Crippen LogP contribution in [-0.2, 0) is 19.3 Å². The first-order valence-corrected chi connectivity index (χ1v) is 7.24. The number of hydrogen-bond acceptors (Lipinski definition) is 1. The minimum absolute atomic E-state index is 0.921. The quantitative estimate of drug-likeness (QED) is 0.821. The summed E-state index contributed by atoms with van der Waals surface area (Å²) in [5, 5.41) is 3.46. The Bertz CT molecular complexity index is 377. The molecule has 3 rings (SSSR count). The van der Waals surface area contributed by atoms with Crippen LogP contribution in [-0.4, -0.2) is 13.1 Å². The topological polar surface area (TPSA) is 12.0 Å². The van der Waals surface area contributed by atoms with Gasteiger partial charge in [0.1, 0.15) is 0 Å². The fraction of sp³-hybridized carbons (Fsp3) is 0.625. The van der Waals surface area contributed by atoms with Gasteiger partial charge in [0.15, 0.2) is 0 Å². The summed E-state index contributed by atoms with van der Waals surface area (Å²) in [6.45, 7) is 2.44. The fourth-order valence-corrected chi connectivity index (χ4v) is 3.45. The summed E-state index contributed by atoms with van der Waals surface area (Å²) in [4.78, 5) is 0. The monoisotopic (exact) mass is 229 g/mol. The molecule has 1 saturated heterocycles. The van der Waals surface area contributed by atoms with Gasteiger partial charge in [-0.25, -0.2) is 0 Å². The zero-order chi connectivity index (χ0) is 11.5. The van der Waals surface area contributed by atoms with E-state index in [0.717, 1.165) is 5.92 Å². The largest absolute Gasteiger partial charge is 0.317 e. The molecule has 0 aromatic heterocycles. The number of benzene rings is 1. The first-order valence-electron chi connectivity index (χ1n) is 7.24. The number of piperidine rings is 1. The van der Waals surface area contributed by atoms with Gasteiger partial charge in [-0.3, -0.25) is 0 Å². The second kappa shape index (κ2) is 5.22. The molecule has 1 N–H and O–H groups in total. The molecule has 1 aromatic carbocycles. The van der Waals surface area contributed by atoms with Gasteiger partial charge in [0.2, 0.25) is 0 Å². The highest BCUT2D eigenvalue weighted by molar-refractivity contribution is 5.37. The maximum Gasteiger partial charge on any atom is -0.00462 e. The molecule has 1 heterocycles. The number of aryl methyl sites for hydroxylation is 1.